The Labute approximate surface area is 255 Å². The second-order valence-corrected chi connectivity index (χ2v) is 14.2. The zero-order valence-electron chi connectivity index (χ0n) is 25.6. The molecule has 2 aliphatic rings. The van der Waals surface area contributed by atoms with E-state index in [1.807, 2.05) is 51.1 Å². The Bertz CT molecular complexity index is 1380. The molecule has 5 N–H and O–H groups in total. The van der Waals surface area contributed by atoms with Crippen molar-refractivity contribution in [1.82, 2.24) is 15.5 Å². The second-order valence-electron chi connectivity index (χ2n) is 12.1. The van der Waals surface area contributed by atoms with Crippen LogP contribution in [0.15, 0.2) is 53.4 Å². The fourth-order valence-corrected chi connectivity index (χ4v) is 7.55. The maximum Gasteiger partial charge on any atom is 0.243 e. The van der Waals surface area contributed by atoms with Crippen molar-refractivity contribution in [2.24, 2.45) is 17.6 Å². The van der Waals surface area contributed by atoms with Crippen molar-refractivity contribution in [3.63, 3.8) is 0 Å². The highest BCUT2D eigenvalue weighted by Gasteiger charge is 2.50. The number of nitrogens with one attached hydrogen (secondary N) is 2. The number of ether oxygens (including phenoxy) is 1. The molecule has 236 valence electrons. The Morgan fingerprint density at radius 1 is 1.19 bits per heavy atom. The van der Waals surface area contributed by atoms with E-state index in [2.05, 4.69) is 10.6 Å². The van der Waals surface area contributed by atoms with Crippen LogP contribution in [0.2, 0.25) is 0 Å². The summed E-state index contributed by atoms with van der Waals surface area (Å²) < 4.78 is 33.1. The molecule has 5 atom stereocenters. The number of rotatable bonds is 13. The molecule has 0 saturated carbocycles. The molecule has 11 heteroatoms. The molecule has 4 unspecified atom stereocenters. The highest BCUT2D eigenvalue weighted by atomic mass is 32.2. The van der Waals surface area contributed by atoms with Gasteiger partial charge in [-0.25, -0.2) is 8.42 Å². The predicted molar refractivity (Wildman–Crippen MR) is 165 cm³/mol. The molecule has 2 aromatic carbocycles. The van der Waals surface area contributed by atoms with Gasteiger partial charge in [-0.2, -0.15) is 0 Å². The molecule has 0 aromatic heterocycles. The molecule has 2 aliphatic heterocycles. The number of nitrogens with two attached hydrogens (primary N) is 1. The molecule has 1 fully saturated rings. The lowest BCUT2D eigenvalue weighted by Crippen LogP contribution is -2.72. The van der Waals surface area contributed by atoms with E-state index in [0.29, 0.717) is 44.6 Å². The van der Waals surface area contributed by atoms with E-state index in [0.717, 1.165) is 17.5 Å². The number of hydrogen-bond donors (Lipinski definition) is 4. The summed E-state index contributed by atoms with van der Waals surface area (Å²) in [6, 6.07) is 12.1. The van der Waals surface area contributed by atoms with Crippen LogP contribution in [0.1, 0.15) is 58.1 Å². The summed E-state index contributed by atoms with van der Waals surface area (Å²) in [5.74, 6) is -4.67. The van der Waals surface area contributed by atoms with Gasteiger partial charge in [0, 0.05) is 18.4 Å². The van der Waals surface area contributed by atoms with Crippen LogP contribution in [0.4, 0.5) is 0 Å². The highest BCUT2D eigenvalue weighted by molar-refractivity contribution is 7.91. The van der Waals surface area contributed by atoms with Gasteiger partial charge >= 0.3 is 0 Å². The molecule has 0 bridgehead atoms. The van der Waals surface area contributed by atoms with Crippen LogP contribution in [0.3, 0.4) is 0 Å². The Kier molecular flexibility index (Phi) is 10.5. The number of carbonyl (C=O) groups is 2. The molecule has 2 amide bonds. The number of amides is 2. The first-order valence-electron chi connectivity index (χ1n) is 15.3. The Morgan fingerprint density at radius 3 is 2.53 bits per heavy atom. The number of fused-ring (bicyclic) bond motifs is 1. The minimum absolute atomic E-state index is 0.0998. The zero-order valence-corrected chi connectivity index (χ0v) is 26.4. The molecule has 2 heterocycles. The van der Waals surface area contributed by atoms with Gasteiger partial charge in [0.15, 0.2) is 9.84 Å². The summed E-state index contributed by atoms with van der Waals surface area (Å²) in [6.45, 7) is 8.20. The van der Waals surface area contributed by atoms with Gasteiger partial charge < -0.3 is 26.2 Å². The fourth-order valence-electron chi connectivity index (χ4n) is 5.87. The van der Waals surface area contributed by atoms with E-state index in [-0.39, 0.29) is 10.8 Å². The van der Waals surface area contributed by atoms with E-state index < -0.39 is 57.3 Å². The number of benzene rings is 2. The third-order valence-electron chi connectivity index (χ3n) is 8.62. The first kappa shape index (κ1) is 32.9. The molecule has 43 heavy (non-hydrogen) atoms. The molecule has 10 nitrogen and oxygen atoms in total. The topological polar surface area (TPSA) is 151 Å². The van der Waals surface area contributed by atoms with Crippen LogP contribution in [0, 0.1) is 11.8 Å². The highest BCUT2D eigenvalue weighted by Crippen LogP contribution is 2.32. The summed E-state index contributed by atoms with van der Waals surface area (Å²) in [7, 11) is -3.96. The quantitative estimate of drug-likeness (QED) is 0.251. The Morgan fingerprint density at radius 2 is 1.91 bits per heavy atom. The lowest BCUT2D eigenvalue weighted by Gasteiger charge is -2.48. The molecule has 0 spiro atoms. The normalized spacial score (nSPS) is 20.0. The Hall–Kier alpha value is -2.99. The first-order chi connectivity index (χ1) is 20.4. The van der Waals surface area contributed by atoms with Crippen molar-refractivity contribution in [3.05, 3.63) is 59.7 Å². The molecule has 0 radical (unpaired) electrons. The van der Waals surface area contributed by atoms with E-state index >= 15 is 0 Å². The van der Waals surface area contributed by atoms with Gasteiger partial charge in [0.05, 0.1) is 29.3 Å². The molecule has 1 saturated heterocycles. The van der Waals surface area contributed by atoms with Gasteiger partial charge in [-0.3, -0.25) is 14.5 Å². The van der Waals surface area contributed by atoms with Crippen molar-refractivity contribution in [2.45, 2.75) is 88.7 Å². The average Bonchev–Trinajstić information content (AvgIpc) is 3.69. The van der Waals surface area contributed by atoms with Gasteiger partial charge in [0.25, 0.3) is 0 Å². The molecule has 2 aromatic rings. The van der Waals surface area contributed by atoms with Crippen LogP contribution in [-0.2, 0) is 32.3 Å². The molecule has 4 rings (SSSR count). The summed E-state index contributed by atoms with van der Waals surface area (Å²) >= 11 is 0. The maximum absolute atomic E-state index is 14.2. The van der Waals surface area contributed by atoms with Crippen molar-refractivity contribution in [2.75, 3.05) is 18.9 Å². The van der Waals surface area contributed by atoms with Crippen molar-refractivity contribution in [1.29, 1.82) is 0 Å². The monoisotopic (exact) mass is 614 g/mol. The van der Waals surface area contributed by atoms with Gasteiger partial charge in [0.1, 0.15) is 5.75 Å². The fraction of sp³-hybridized carbons (Fsp3) is 0.562. The van der Waals surface area contributed by atoms with Crippen LogP contribution >= 0.6 is 0 Å². The zero-order chi connectivity index (χ0) is 31.4. The smallest absolute Gasteiger partial charge is 0.243 e. The molecular weight excluding hydrogens is 568 g/mol. The van der Waals surface area contributed by atoms with Crippen LogP contribution < -0.4 is 21.1 Å². The summed E-state index contributed by atoms with van der Waals surface area (Å²) in [5.41, 5.74) is 8.14. The van der Waals surface area contributed by atoms with E-state index in [1.165, 1.54) is 11.0 Å². The minimum Gasteiger partial charge on any atom is -0.493 e. The third kappa shape index (κ3) is 7.39. The summed E-state index contributed by atoms with van der Waals surface area (Å²) in [4.78, 5) is 29.1. The summed E-state index contributed by atoms with van der Waals surface area (Å²) in [6.07, 6.45) is 2.75. The summed E-state index contributed by atoms with van der Waals surface area (Å²) in [5, 5.41) is 18.5. The first-order valence-corrected chi connectivity index (χ1v) is 16.9. The largest absolute Gasteiger partial charge is 0.493 e. The van der Waals surface area contributed by atoms with Crippen LogP contribution in [0.25, 0.3) is 0 Å². The van der Waals surface area contributed by atoms with Gasteiger partial charge in [-0.15, -0.1) is 0 Å². The van der Waals surface area contributed by atoms with E-state index in [4.69, 9.17) is 10.5 Å². The third-order valence-corrected chi connectivity index (χ3v) is 10.5. The maximum atomic E-state index is 14.2. The number of carbonyl (C=O) groups excluding carboxylic acids is 2. The van der Waals surface area contributed by atoms with Crippen LogP contribution in [-0.4, -0.2) is 73.1 Å². The van der Waals surface area contributed by atoms with Gasteiger partial charge in [0.2, 0.25) is 17.7 Å². The Balaban J connectivity index is 1.77. The van der Waals surface area contributed by atoms with Crippen molar-refractivity contribution >= 4 is 21.7 Å². The lowest BCUT2D eigenvalue weighted by atomic mass is 9.94. The SMILES string of the molecule is CCC(Cc1ccccc1)N(C(=O)C(N)C(C)C)C(O)(NC(=O)C1CCCN1)[C@@H](C)CS(=O)(=O)c1ccc2c(c1)CCO2. The number of aliphatic hydroxyl groups is 1. The molecular formula is C32H46N4O6S. The van der Waals surface area contributed by atoms with Crippen molar-refractivity contribution < 1.29 is 27.9 Å². The molecule has 0 aliphatic carbocycles. The van der Waals surface area contributed by atoms with Crippen molar-refractivity contribution in [3.8, 4) is 5.75 Å². The minimum atomic E-state index is -3.96. The average molecular weight is 615 g/mol. The van der Waals surface area contributed by atoms with E-state index in [1.54, 1.807) is 19.1 Å². The number of hydrogen-bond acceptors (Lipinski definition) is 8. The van der Waals surface area contributed by atoms with E-state index in [9.17, 15) is 23.1 Å². The number of nitrogens with zero attached hydrogens (tertiary/aromatic N) is 1. The second kappa shape index (κ2) is 13.8. The van der Waals surface area contributed by atoms with Crippen LogP contribution in [0.5, 0.6) is 5.75 Å². The standard InChI is InChI=1S/C32H46N4O6S/c1-5-25(18-23-10-7-6-8-11-23)36(31(38)29(33)21(2)3)32(39,35-30(37)27-12-9-16-34-27)22(4)20-43(40,41)26-13-14-28-24(19-26)15-17-42-28/h6-8,10-11,13-14,19,21-22,25,27,29,34,39H,5,9,12,15-18,20,33H2,1-4H3,(H,35,37)/t22-,25?,27?,29?,32?/m0/s1. The van der Waals surface area contributed by atoms with Gasteiger partial charge in [-0.1, -0.05) is 58.0 Å². The predicted octanol–water partition coefficient (Wildman–Crippen LogP) is 2.38. The number of sulfone groups is 1. The lowest BCUT2D eigenvalue weighted by molar-refractivity contribution is -0.197. The van der Waals surface area contributed by atoms with Gasteiger partial charge in [-0.05, 0) is 67.5 Å².